The summed E-state index contributed by atoms with van der Waals surface area (Å²) in [7, 11) is 0. The minimum Gasteiger partial charge on any atom is -0.343 e. The molecule has 130 valence electrons. The number of carbonyl (C=O) groups excluding carboxylic acids is 2. The van der Waals surface area contributed by atoms with E-state index in [0.717, 1.165) is 38.6 Å². The van der Waals surface area contributed by atoms with E-state index in [-0.39, 0.29) is 22.9 Å². The monoisotopic (exact) mass is 352 g/mol. The van der Waals surface area contributed by atoms with Crippen LogP contribution in [-0.4, -0.2) is 47.3 Å². The number of nitrogens with zero attached hydrogens (tertiary/aromatic N) is 2. The molecule has 0 aliphatic carbocycles. The lowest BCUT2D eigenvalue weighted by molar-refractivity contribution is -0.127. The van der Waals surface area contributed by atoms with Crippen LogP contribution in [0.5, 0.6) is 0 Å². The number of amides is 2. The van der Waals surface area contributed by atoms with Gasteiger partial charge in [0.05, 0.1) is 0 Å². The minimum absolute atomic E-state index is 0.0988. The number of halogens is 2. The Hall–Kier alpha value is -1.62. The molecule has 4 nitrogen and oxygen atoms in total. The van der Waals surface area contributed by atoms with Crippen LogP contribution >= 0.6 is 11.6 Å². The van der Waals surface area contributed by atoms with Crippen molar-refractivity contribution in [2.24, 2.45) is 0 Å². The maximum atomic E-state index is 13.5. The molecule has 2 fully saturated rings. The van der Waals surface area contributed by atoms with E-state index in [1.165, 1.54) is 18.2 Å². The fourth-order valence-corrected chi connectivity index (χ4v) is 3.88. The summed E-state index contributed by atoms with van der Waals surface area (Å²) >= 11 is 5.88. The number of rotatable bonds is 4. The van der Waals surface area contributed by atoms with Crippen LogP contribution in [0.3, 0.4) is 0 Å². The summed E-state index contributed by atoms with van der Waals surface area (Å²) in [5.41, 5.74) is 0.296. The second kappa shape index (κ2) is 7.51. The molecule has 2 aliphatic heterocycles. The molecule has 2 saturated heterocycles. The van der Waals surface area contributed by atoms with Gasteiger partial charge < -0.3 is 9.80 Å². The van der Waals surface area contributed by atoms with Crippen LogP contribution in [0.1, 0.15) is 48.9 Å². The first-order chi connectivity index (χ1) is 11.5. The molecule has 2 aliphatic rings. The first kappa shape index (κ1) is 17.2. The first-order valence-electron chi connectivity index (χ1n) is 8.59. The van der Waals surface area contributed by atoms with Crippen molar-refractivity contribution in [3.63, 3.8) is 0 Å². The minimum atomic E-state index is -0.498. The summed E-state index contributed by atoms with van der Waals surface area (Å²) in [4.78, 5) is 28.3. The predicted octanol–water partition coefficient (Wildman–Crippen LogP) is 3.49. The smallest absolute Gasteiger partial charge is 0.254 e. The van der Waals surface area contributed by atoms with Gasteiger partial charge in [-0.1, -0.05) is 11.6 Å². The van der Waals surface area contributed by atoms with E-state index in [1.54, 1.807) is 0 Å². The third kappa shape index (κ3) is 3.89. The Morgan fingerprint density at radius 3 is 2.75 bits per heavy atom. The molecular formula is C18H22ClFN2O2. The maximum Gasteiger partial charge on any atom is 0.254 e. The lowest BCUT2D eigenvalue weighted by Crippen LogP contribution is -2.45. The van der Waals surface area contributed by atoms with Crippen LogP contribution < -0.4 is 0 Å². The zero-order valence-electron chi connectivity index (χ0n) is 13.6. The van der Waals surface area contributed by atoms with Gasteiger partial charge in [-0.3, -0.25) is 9.59 Å². The first-order valence-corrected chi connectivity index (χ1v) is 8.97. The molecule has 2 heterocycles. The molecule has 24 heavy (non-hydrogen) atoms. The second-order valence-corrected chi connectivity index (χ2v) is 7.02. The van der Waals surface area contributed by atoms with Crippen LogP contribution in [0.25, 0.3) is 0 Å². The molecule has 0 radical (unpaired) electrons. The SMILES string of the molecule is O=C1CCCN1CCC1CCCCN1C(=O)c1cc(F)cc(Cl)c1. The molecule has 2 amide bonds. The highest BCUT2D eigenvalue weighted by atomic mass is 35.5. The molecule has 1 aromatic carbocycles. The highest BCUT2D eigenvalue weighted by Crippen LogP contribution is 2.24. The predicted molar refractivity (Wildman–Crippen MR) is 90.5 cm³/mol. The van der Waals surface area contributed by atoms with Gasteiger partial charge in [-0.2, -0.15) is 0 Å². The van der Waals surface area contributed by atoms with Gasteiger partial charge in [0.2, 0.25) is 5.91 Å². The van der Waals surface area contributed by atoms with Crippen LogP contribution in [-0.2, 0) is 4.79 Å². The summed E-state index contributed by atoms with van der Waals surface area (Å²) in [5.74, 6) is -0.462. The molecule has 6 heteroatoms. The normalized spacial score (nSPS) is 21.4. The molecule has 0 bridgehead atoms. The van der Waals surface area contributed by atoms with Crippen molar-refractivity contribution in [1.82, 2.24) is 9.80 Å². The van der Waals surface area contributed by atoms with Gasteiger partial charge in [-0.25, -0.2) is 4.39 Å². The Kier molecular flexibility index (Phi) is 5.39. The Morgan fingerprint density at radius 2 is 2.04 bits per heavy atom. The number of benzene rings is 1. The highest BCUT2D eigenvalue weighted by molar-refractivity contribution is 6.31. The van der Waals surface area contributed by atoms with E-state index in [1.807, 2.05) is 9.80 Å². The van der Waals surface area contributed by atoms with Crippen LogP contribution in [0, 0.1) is 5.82 Å². The van der Waals surface area contributed by atoms with Crippen LogP contribution in [0.15, 0.2) is 18.2 Å². The van der Waals surface area contributed by atoms with Gasteiger partial charge in [0.25, 0.3) is 5.91 Å². The van der Waals surface area contributed by atoms with Crippen molar-refractivity contribution in [2.45, 2.75) is 44.6 Å². The van der Waals surface area contributed by atoms with E-state index in [2.05, 4.69) is 0 Å². The van der Waals surface area contributed by atoms with Crippen LogP contribution in [0.4, 0.5) is 4.39 Å². The number of piperidine rings is 1. The van der Waals surface area contributed by atoms with Crippen molar-refractivity contribution in [2.75, 3.05) is 19.6 Å². The zero-order valence-corrected chi connectivity index (χ0v) is 14.4. The van der Waals surface area contributed by atoms with Crippen molar-refractivity contribution >= 4 is 23.4 Å². The molecule has 0 N–H and O–H groups in total. The molecular weight excluding hydrogens is 331 g/mol. The van der Waals surface area contributed by atoms with E-state index >= 15 is 0 Å². The summed E-state index contributed by atoms with van der Waals surface area (Å²) in [5, 5.41) is 0.231. The van der Waals surface area contributed by atoms with E-state index < -0.39 is 5.82 Å². The number of hydrogen-bond acceptors (Lipinski definition) is 2. The fourth-order valence-electron chi connectivity index (χ4n) is 3.66. The lowest BCUT2D eigenvalue weighted by Gasteiger charge is -2.36. The second-order valence-electron chi connectivity index (χ2n) is 6.58. The Labute approximate surface area is 146 Å². The van der Waals surface area contributed by atoms with Crippen molar-refractivity contribution < 1.29 is 14.0 Å². The average molecular weight is 353 g/mol. The molecule has 0 saturated carbocycles. The molecule has 0 aromatic heterocycles. The van der Waals surface area contributed by atoms with E-state index in [4.69, 9.17) is 11.6 Å². The topological polar surface area (TPSA) is 40.6 Å². The Balaban J connectivity index is 1.69. The fraction of sp³-hybridized carbons (Fsp3) is 0.556. The van der Waals surface area contributed by atoms with E-state index in [9.17, 15) is 14.0 Å². The summed E-state index contributed by atoms with van der Waals surface area (Å²) < 4.78 is 13.5. The van der Waals surface area contributed by atoms with Gasteiger partial charge in [-0.15, -0.1) is 0 Å². The third-order valence-corrected chi connectivity index (χ3v) is 5.12. The molecule has 1 unspecified atom stereocenters. The molecule has 1 aromatic rings. The molecule has 3 rings (SSSR count). The van der Waals surface area contributed by atoms with Gasteiger partial charge in [-0.05, 0) is 50.3 Å². The van der Waals surface area contributed by atoms with E-state index in [0.29, 0.717) is 25.1 Å². The maximum absolute atomic E-state index is 13.5. The summed E-state index contributed by atoms with van der Waals surface area (Å²) in [6, 6.07) is 4.05. The average Bonchev–Trinajstić information content (AvgIpc) is 2.97. The number of hydrogen-bond donors (Lipinski definition) is 0. The Morgan fingerprint density at radius 1 is 1.21 bits per heavy atom. The number of carbonyl (C=O) groups is 2. The zero-order chi connectivity index (χ0) is 17.1. The largest absolute Gasteiger partial charge is 0.343 e. The van der Waals surface area contributed by atoms with Gasteiger partial charge >= 0.3 is 0 Å². The number of likely N-dealkylation sites (tertiary alicyclic amines) is 2. The van der Waals surface area contributed by atoms with Crippen molar-refractivity contribution in [3.05, 3.63) is 34.6 Å². The molecule has 1 atom stereocenters. The van der Waals surface area contributed by atoms with Gasteiger partial charge in [0.1, 0.15) is 5.82 Å². The van der Waals surface area contributed by atoms with Crippen molar-refractivity contribution in [3.8, 4) is 0 Å². The van der Waals surface area contributed by atoms with Crippen molar-refractivity contribution in [1.29, 1.82) is 0 Å². The van der Waals surface area contributed by atoms with Gasteiger partial charge in [0.15, 0.2) is 0 Å². The lowest BCUT2D eigenvalue weighted by atomic mass is 9.98. The Bertz CT molecular complexity index is 617. The molecule has 0 spiro atoms. The van der Waals surface area contributed by atoms with Gasteiger partial charge in [0, 0.05) is 42.7 Å². The van der Waals surface area contributed by atoms with Crippen LogP contribution in [0.2, 0.25) is 5.02 Å². The standard InChI is InChI=1S/C18H22ClFN2O2/c19-14-10-13(11-15(20)12-14)18(24)22-8-2-1-4-16(22)6-9-21-7-3-5-17(21)23/h10-12,16H,1-9H2. The summed E-state index contributed by atoms with van der Waals surface area (Å²) in [6.45, 7) is 2.18. The summed E-state index contributed by atoms with van der Waals surface area (Å²) in [6.07, 6.45) is 5.29. The quantitative estimate of drug-likeness (QED) is 0.832. The highest BCUT2D eigenvalue weighted by Gasteiger charge is 2.29. The third-order valence-electron chi connectivity index (χ3n) is 4.90.